The largest absolute Gasteiger partial charge is 0.353 e. The Labute approximate surface area is 242 Å². The molecule has 2 N–H and O–H groups in total. The number of rotatable bonds is 10. The number of benzene rings is 3. The quantitative estimate of drug-likeness (QED) is 0.342. The maximum absolute atomic E-state index is 13.5. The highest BCUT2D eigenvalue weighted by Crippen LogP contribution is 2.32. The number of fused-ring (bicyclic) bond motifs is 2. The molecular weight excluding hydrogens is 545 g/mol. The summed E-state index contributed by atoms with van der Waals surface area (Å²) >= 11 is 6.45. The van der Waals surface area contributed by atoms with Gasteiger partial charge in [0.15, 0.2) is 0 Å². The molecule has 0 saturated heterocycles. The standard InChI is InChI=1S/C28H34ClN5O2.2ClH/c1-20(2)30-14-15-31-27(35)18-33(26-13-12-25(29)23-10-6-7-11-24(23)26)19-28(36)32(3)34-16-21-8-4-5-9-22(21)17-34;;/h4-13,20,30H,14-19H2,1-3H3,(H,31,35);2*1H. The number of nitrogens with one attached hydrogen (secondary N) is 2. The van der Waals surface area contributed by atoms with Crippen LogP contribution in [0, 0.1) is 0 Å². The van der Waals surface area contributed by atoms with E-state index in [4.69, 9.17) is 11.6 Å². The van der Waals surface area contributed by atoms with Gasteiger partial charge in [-0.25, -0.2) is 5.01 Å². The normalized spacial score (nSPS) is 12.4. The molecule has 1 heterocycles. The Hall–Kier alpha value is -2.55. The Bertz CT molecular complexity index is 1220. The highest BCUT2D eigenvalue weighted by Gasteiger charge is 2.27. The first-order valence-corrected chi connectivity index (χ1v) is 12.7. The highest BCUT2D eigenvalue weighted by atomic mass is 35.5. The number of likely N-dealkylation sites (N-methyl/N-ethyl adjacent to an activating group) is 1. The molecule has 0 bridgehead atoms. The second-order valence-electron chi connectivity index (χ2n) is 9.44. The fraction of sp³-hybridized carbons (Fsp3) is 0.357. The highest BCUT2D eigenvalue weighted by molar-refractivity contribution is 6.36. The molecule has 2 amide bonds. The molecule has 0 aliphatic carbocycles. The van der Waals surface area contributed by atoms with Crippen LogP contribution in [0.5, 0.6) is 0 Å². The average Bonchev–Trinajstić information content (AvgIpc) is 3.30. The molecule has 0 aromatic heterocycles. The molecule has 38 heavy (non-hydrogen) atoms. The van der Waals surface area contributed by atoms with Crippen molar-refractivity contribution in [3.63, 3.8) is 0 Å². The van der Waals surface area contributed by atoms with Crippen LogP contribution in [0.15, 0.2) is 60.7 Å². The number of anilines is 1. The van der Waals surface area contributed by atoms with Gasteiger partial charge in [-0.05, 0) is 23.3 Å². The van der Waals surface area contributed by atoms with E-state index in [0.717, 1.165) is 16.5 Å². The number of halogens is 3. The van der Waals surface area contributed by atoms with E-state index in [2.05, 4.69) is 36.6 Å². The Morgan fingerprint density at radius 2 is 1.50 bits per heavy atom. The van der Waals surface area contributed by atoms with Crippen molar-refractivity contribution in [1.29, 1.82) is 0 Å². The second kappa shape index (κ2) is 14.6. The second-order valence-corrected chi connectivity index (χ2v) is 9.84. The molecular formula is C28H36Cl3N5O2. The minimum atomic E-state index is -0.136. The lowest BCUT2D eigenvalue weighted by molar-refractivity contribution is -0.145. The van der Waals surface area contributed by atoms with Gasteiger partial charge in [-0.3, -0.25) is 14.6 Å². The van der Waals surface area contributed by atoms with Crippen molar-refractivity contribution in [2.45, 2.75) is 33.0 Å². The molecule has 0 atom stereocenters. The van der Waals surface area contributed by atoms with Gasteiger partial charge < -0.3 is 15.5 Å². The first kappa shape index (κ1) is 31.7. The Morgan fingerprint density at radius 3 is 2.13 bits per heavy atom. The molecule has 3 aromatic carbocycles. The maximum Gasteiger partial charge on any atom is 0.256 e. The van der Waals surface area contributed by atoms with Crippen molar-refractivity contribution in [3.05, 3.63) is 76.8 Å². The summed E-state index contributed by atoms with van der Waals surface area (Å²) in [5.41, 5.74) is 3.26. The minimum Gasteiger partial charge on any atom is -0.353 e. The van der Waals surface area contributed by atoms with Gasteiger partial charge in [0.1, 0.15) is 0 Å². The van der Waals surface area contributed by atoms with Gasteiger partial charge in [-0.1, -0.05) is 74.0 Å². The van der Waals surface area contributed by atoms with E-state index >= 15 is 0 Å². The number of carbonyl (C=O) groups excluding carboxylic acids is 2. The fourth-order valence-corrected chi connectivity index (χ4v) is 4.72. The third kappa shape index (κ3) is 7.74. The predicted octanol–water partition coefficient (Wildman–Crippen LogP) is 4.65. The summed E-state index contributed by atoms with van der Waals surface area (Å²) < 4.78 is 0. The Morgan fingerprint density at radius 1 is 0.895 bits per heavy atom. The van der Waals surface area contributed by atoms with E-state index in [-0.39, 0.29) is 49.7 Å². The number of hydrogen-bond donors (Lipinski definition) is 2. The summed E-state index contributed by atoms with van der Waals surface area (Å²) in [6, 6.07) is 20.1. The van der Waals surface area contributed by atoms with Crippen molar-refractivity contribution in [1.82, 2.24) is 20.7 Å². The van der Waals surface area contributed by atoms with Crippen molar-refractivity contribution in [2.75, 3.05) is 38.1 Å². The molecule has 1 aliphatic heterocycles. The summed E-state index contributed by atoms with van der Waals surface area (Å²) in [6.45, 7) is 6.83. The summed E-state index contributed by atoms with van der Waals surface area (Å²) in [4.78, 5) is 28.2. The van der Waals surface area contributed by atoms with Crippen LogP contribution in [0.4, 0.5) is 5.69 Å². The third-order valence-corrected chi connectivity index (χ3v) is 6.79. The van der Waals surface area contributed by atoms with Crippen LogP contribution in [0.3, 0.4) is 0 Å². The molecule has 7 nitrogen and oxygen atoms in total. The summed E-state index contributed by atoms with van der Waals surface area (Å²) in [7, 11) is 1.80. The maximum atomic E-state index is 13.5. The summed E-state index contributed by atoms with van der Waals surface area (Å²) in [5.74, 6) is -0.222. The van der Waals surface area contributed by atoms with E-state index in [1.807, 2.05) is 58.4 Å². The number of nitrogens with zero attached hydrogens (tertiary/aromatic N) is 3. The minimum absolute atomic E-state index is 0. The SMILES string of the molecule is CC(C)NCCNC(=O)CN(CC(=O)N(C)N1Cc2ccccc2C1)c1ccc(Cl)c2ccccc12.Cl.Cl. The Balaban J connectivity index is 0.00000253. The molecule has 206 valence electrons. The molecule has 4 rings (SSSR count). The Kier molecular flexibility index (Phi) is 12.1. The average molecular weight is 581 g/mol. The van der Waals surface area contributed by atoms with E-state index in [1.54, 1.807) is 12.1 Å². The van der Waals surface area contributed by atoms with Gasteiger partial charge >= 0.3 is 0 Å². The molecule has 0 fully saturated rings. The molecule has 0 spiro atoms. The first-order chi connectivity index (χ1) is 17.3. The van der Waals surface area contributed by atoms with E-state index in [9.17, 15) is 9.59 Å². The van der Waals surface area contributed by atoms with Crippen LogP contribution in [-0.4, -0.2) is 61.1 Å². The van der Waals surface area contributed by atoms with Crippen molar-refractivity contribution >= 4 is 64.7 Å². The number of carbonyl (C=O) groups is 2. The zero-order valence-electron chi connectivity index (χ0n) is 21.9. The van der Waals surface area contributed by atoms with Gasteiger partial charge in [0.2, 0.25) is 5.91 Å². The van der Waals surface area contributed by atoms with Crippen LogP contribution in [0.2, 0.25) is 5.02 Å². The summed E-state index contributed by atoms with van der Waals surface area (Å²) in [6.07, 6.45) is 0. The van der Waals surface area contributed by atoms with Crippen molar-refractivity contribution in [2.24, 2.45) is 0 Å². The lowest BCUT2D eigenvalue weighted by Crippen LogP contribution is -2.48. The first-order valence-electron chi connectivity index (χ1n) is 12.3. The van der Waals surface area contributed by atoms with Gasteiger partial charge in [-0.15, -0.1) is 24.8 Å². The lowest BCUT2D eigenvalue weighted by atomic mass is 10.1. The zero-order valence-corrected chi connectivity index (χ0v) is 24.3. The number of hydrogen-bond acceptors (Lipinski definition) is 5. The van der Waals surface area contributed by atoms with Gasteiger partial charge in [0.05, 0.1) is 13.1 Å². The van der Waals surface area contributed by atoms with Gasteiger partial charge in [0, 0.05) is 60.8 Å². The van der Waals surface area contributed by atoms with Crippen LogP contribution >= 0.6 is 36.4 Å². The molecule has 0 unspecified atom stereocenters. The van der Waals surface area contributed by atoms with E-state index in [0.29, 0.717) is 37.2 Å². The molecule has 1 aliphatic rings. The summed E-state index contributed by atoms with van der Waals surface area (Å²) in [5, 5.41) is 12.4. The number of hydrazine groups is 1. The van der Waals surface area contributed by atoms with Crippen LogP contribution < -0.4 is 15.5 Å². The smallest absolute Gasteiger partial charge is 0.256 e. The molecule has 10 heteroatoms. The van der Waals surface area contributed by atoms with Crippen molar-refractivity contribution in [3.8, 4) is 0 Å². The van der Waals surface area contributed by atoms with Gasteiger partial charge in [-0.2, -0.15) is 0 Å². The lowest BCUT2D eigenvalue weighted by Gasteiger charge is -2.32. The monoisotopic (exact) mass is 579 g/mol. The third-order valence-electron chi connectivity index (χ3n) is 6.46. The predicted molar refractivity (Wildman–Crippen MR) is 160 cm³/mol. The topological polar surface area (TPSA) is 67.9 Å². The molecule has 0 radical (unpaired) electrons. The zero-order chi connectivity index (χ0) is 25.7. The van der Waals surface area contributed by atoms with E-state index in [1.165, 1.54) is 11.1 Å². The molecule has 0 saturated carbocycles. The van der Waals surface area contributed by atoms with Crippen LogP contribution in [0.1, 0.15) is 25.0 Å². The van der Waals surface area contributed by atoms with Crippen molar-refractivity contribution < 1.29 is 9.59 Å². The number of amides is 2. The van der Waals surface area contributed by atoms with Crippen LogP contribution in [-0.2, 0) is 22.7 Å². The van der Waals surface area contributed by atoms with Gasteiger partial charge in [0.25, 0.3) is 5.91 Å². The van der Waals surface area contributed by atoms with E-state index < -0.39 is 0 Å². The fourth-order valence-electron chi connectivity index (χ4n) is 4.49. The van der Waals surface area contributed by atoms with Crippen LogP contribution in [0.25, 0.3) is 10.8 Å². The molecule has 3 aromatic rings.